The van der Waals surface area contributed by atoms with Crippen LogP contribution in [-0.2, 0) is 15.1 Å². The Bertz CT molecular complexity index is 504. The fourth-order valence-electron chi connectivity index (χ4n) is 3.43. The van der Waals surface area contributed by atoms with Crippen LogP contribution in [0, 0.1) is 11.8 Å². The zero-order valence-corrected chi connectivity index (χ0v) is 11.8. The van der Waals surface area contributed by atoms with Gasteiger partial charge in [0.1, 0.15) is 5.60 Å². The molecule has 2 aliphatic carbocycles. The average Bonchev–Trinajstić information content (AvgIpc) is 2.95. The Kier molecular flexibility index (Phi) is 3.28. The van der Waals surface area contributed by atoms with Gasteiger partial charge in [0.15, 0.2) is 0 Å². The first-order valence-electron chi connectivity index (χ1n) is 7.18. The van der Waals surface area contributed by atoms with Gasteiger partial charge in [0.25, 0.3) is 0 Å². The summed E-state index contributed by atoms with van der Waals surface area (Å²) in [6.07, 6.45) is 4.35. The van der Waals surface area contributed by atoms with E-state index in [0.29, 0.717) is 24.1 Å². The van der Waals surface area contributed by atoms with Crippen LogP contribution in [0.5, 0.6) is 0 Å². The monoisotopic (exact) mass is 280 g/mol. The average molecular weight is 280 g/mol. The SMILES string of the molecule is COC1(c2noc(C3CC(C)CC3C(=O)O)n2)CCC1. The van der Waals surface area contributed by atoms with Crippen molar-refractivity contribution in [3.8, 4) is 0 Å². The summed E-state index contributed by atoms with van der Waals surface area (Å²) in [6.45, 7) is 2.07. The number of carboxylic acid groups (broad SMARTS) is 1. The molecule has 20 heavy (non-hydrogen) atoms. The van der Waals surface area contributed by atoms with Crippen molar-refractivity contribution in [2.45, 2.75) is 50.5 Å². The molecule has 1 N–H and O–H groups in total. The first-order valence-corrected chi connectivity index (χ1v) is 7.18. The van der Waals surface area contributed by atoms with Crippen LogP contribution in [0.25, 0.3) is 0 Å². The zero-order valence-electron chi connectivity index (χ0n) is 11.8. The van der Waals surface area contributed by atoms with Gasteiger partial charge in [-0.3, -0.25) is 4.79 Å². The maximum atomic E-state index is 11.3. The van der Waals surface area contributed by atoms with Crippen molar-refractivity contribution in [2.24, 2.45) is 11.8 Å². The van der Waals surface area contributed by atoms with Gasteiger partial charge in [0.2, 0.25) is 11.7 Å². The molecule has 6 heteroatoms. The standard InChI is InChI=1S/C14H20N2O4/c1-8-6-9(10(7-8)12(17)18)11-15-13(16-20-11)14(19-2)4-3-5-14/h8-10H,3-7H2,1-2H3,(H,17,18). The molecule has 0 bridgehead atoms. The van der Waals surface area contributed by atoms with Crippen molar-refractivity contribution >= 4 is 5.97 Å². The lowest BCUT2D eigenvalue weighted by molar-refractivity contribution is -0.142. The van der Waals surface area contributed by atoms with Crippen LogP contribution in [0.2, 0.25) is 0 Å². The molecule has 0 aliphatic heterocycles. The summed E-state index contributed by atoms with van der Waals surface area (Å²) >= 11 is 0. The topological polar surface area (TPSA) is 85.5 Å². The third-order valence-electron chi connectivity index (χ3n) is 4.83. The predicted octanol–water partition coefficient (Wildman–Crippen LogP) is 2.31. The Hall–Kier alpha value is -1.43. The Labute approximate surface area is 117 Å². The Morgan fingerprint density at radius 3 is 2.75 bits per heavy atom. The Balaban J connectivity index is 1.84. The predicted molar refractivity (Wildman–Crippen MR) is 69.1 cm³/mol. The minimum Gasteiger partial charge on any atom is -0.481 e. The van der Waals surface area contributed by atoms with E-state index in [2.05, 4.69) is 17.1 Å². The van der Waals surface area contributed by atoms with Gasteiger partial charge < -0.3 is 14.4 Å². The summed E-state index contributed by atoms with van der Waals surface area (Å²) in [5, 5.41) is 13.4. The van der Waals surface area contributed by atoms with Gasteiger partial charge in [0.05, 0.1) is 11.8 Å². The number of nitrogens with zero attached hydrogens (tertiary/aromatic N) is 2. The highest BCUT2D eigenvalue weighted by Gasteiger charge is 2.46. The molecule has 1 aromatic rings. The van der Waals surface area contributed by atoms with Gasteiger partial charge in [0, 0.05) is 7.11 Å². The van der Waals surface area contributed by atoms with Crippen LogP contribution in [0.4, 0.5) is 0 Å². The minimum atomic E-state index is -0.774. The lowest BCUT2D eigenvalue weighted by Crippen LogP contribution is -2.37. The summed E-state index contributed by atoms with van der Waals surface area (Å²) < 4.78 is 10.9. The second-order valence-electron chi connectivity index (χ2n) is 6.14. The van der Waals surface area contributed by atoms with E-state index in [-0.39, 0.29) is 5.92 Å². The molecular formula is C14H20N2O4. The van der Waals surface area contributed by atoms with Crippen molar-refractivity contribution in [3.05, 3.63) is 11.7 Å². The minimum absolute atomic E-state index is 0.169. The molecule has 0 radical (unpaired) electrons. The second kappa shape index (κ2) is 4.84. The number of aromatic nitrogens is 2. The van der Waals surface area contributed by atoms with Gasteiger partial charge in [-0.2, -0.15) is 4.98 Å². The molecule has 3 unspecified atom stereocenters. The number of hydrogen-bond acceptors (Lipinski definition) is 5. The quantitative estimate of drug-likeness (QED) is 0.910. The highest BCUT2D eigenvalue weighted by atomic mass is 16.5. The lowest BCUT2D eigenvalue weighted by atomic mass is 9.79. The molecule has 3 atom stereocenters. The van der Waals surface area contributed by atoms with E-state index in [9.17, 15) is 9.90 Å². The van der Waals surface area contributed by atoms with E-state index in [4.69, 9.17) is 9.26 Å². The molecule has 0 saturated heterocycles. The highest BCUT2D eigenvalue weighted by Crippen LogP contribution is 2.46. The van der Waals surface area contributed by atoms with Gasteiger partial charge in [-0.15, -0.1) is 0 Å². The van der Waals surface area contributed by atoms with Crippen molar-refractivity contribution in [3.63, 3.8) is 0 Å². The summed E-state index contributed by atoms with van der Waals surface area (Å²) in [5.74, 6) is 0.0432. The molecule has 3 rings (SSSR count). The molecule has 2 saturated carbocycles. The van der Waals surface area contributed by atoms with Crippen LogP contribution >= 0.6 is 0 Å². The number of rotatable bonds is 4. The first-order chi connectivity index (χ1) is 9.55. The van der Waals surface area contributed by atoms with E-state index in [1.54, 1.807) is 7.11 Å². The van der Waals surface area contributed by atoms with Gasteiger partial charge in [-0.1, -0.05) is 12.1 Å². The summed E-state index contributed by atoms with van der Waals surface area (Å²) in [6, 6.07) is 0. The van der Waals surface area contributed by atoms with Crippen LogP contribution in [0.3, 0.4) is 0 Å². The van der Waals surface area contributed by atoms with E-state index in [1.165, 1.54) is 0 Å². The molecule has 1 aromatic heterocycles. The van der Waals surface area contributed by atoms with Crippen LogP contribution in [0.15, 0.2) is 4.52 Å². The zero-order chi connectivity index (χ0) is 14.3. The van der Waals surface area contributed by atoms with Gasteiger partial charge in [-0.05, 0) is 38.0 Å². The summed E-state index contributed by atoms with van der Waals surface area (Å²) in [5.41, 5.74) is -0.412. The number of methoxy groups -OCH3 is 1. The van der Waals surface area contributed by atoms with E-state index in [1.807, 2.05) is 0 Å². The molecule has 0 amide bonds. The van der Waals surface area contributed by atoms with Crippen molar-refractivity contribution in [2.75, 3.05) is 7.11 Å². The molecule has 0 spiro atoms. The number of hydrogen-bond donors (Lipinski definition) is 1. The van der Waals surface area contributed by atoms with Crippen LogP contribution in [-0.4, -0.2) is 28.3 Å². The normalized spacial score (nSPS) is 32.0. The molecule has 110 valence electrons. The van der Waals surface area contributed by atoms with E-state index >= 15 is 0 Å². The summed E-state index contributed by atoms with van der Waals surface area (Å²) in [4.78, 5) is 15.8. The Morgan fingerprint density at radius 2 is 2.20 bits per heavy atom. The molecule has 1 heterocycles. The molecular weight excluding hydrogens is 260 g/mol. The third-order valence-corrected chi connectivity index (χ3v) is 4.83. The van der Waals surface area contributed by atoms with E-state index in [0.717, 1.165) is 25.7 Å². The number of carbonyl (C=O) groups is 1. The smallest absolute Gasteiger partial charge is 0.307 e. The second-order valence-corrected chi connectivity index (χ2v) is 6.14. The van der Waals surface area contributed by atoms with Crippen LogP contribution < -0.4 is 0 Å². The number of ether oxygens (including phenoxy) is 1. The lowest BCUT2D eigenvalue weighted by Gasteiger charge is -2.37. The number of carboxylic acids is 1. The largest absolute Gasteiger partial charge is 0.481 e. The van der Waals surface area contributed by atoms with E-state index < -0.39 is 17.5 Å². The maximum absolute atomic E-state index is 11.3. The molecule has 2 aliphatic rings. The van der Waals surface area contributed by atoms with Crippen molar-refractivity contribution < 1.29 is 19.2 Å². The van der Waals surface area contributed by atoms with Crippen molar-refractivity contribution in [1.82, 2.24) is 10.1 Å². The highest BCUT2D eigenvalue weighted by molar-refractivity contribution is 5.71. The third kappa shape index (κ3) is 2.02. The Morgan fingerprint density at radius 1 is 1.45 bits per heavy atom. The maximum Gasteiger partial charge on any atom is 0.307 e. The fourth-order valence-corrected chi connectivity index (χ4v) is 3.43. The molecule has 2 fully saturated rings. The molecule has 0 aromatic carbocycles. The summed E-state index contributed by atoms with van der Waals surface area (Å²) in [7, 11) is 1.66. The van der Waals surface area contributed by atoms with Crippen molar-refractivity contribution in [1.29, 1.82) is 0 Å². The first kappa shape index (κ1) is 13.5. The van der Waals surface area contributed by atoms with Gasteiger partial charge in [-0.25, -0.2) is 0 Å². The number of aliphatic carboxylic acids is 1. The van der Waals surface area contributed by atoms with Crippen LogP contribution in [0.1, 0.15) is 56.7 Å². The molecule has 6 nitrogen and oxygen atoms in total. The van der Waals surface area contributed by atoms with Gasteiger partial charge >= 0.3 is 5.97 Å². The fraction of sp³-hybridized carbons (Fsp3) is 0.786.